The highest BCUT2D eigenvalue weighted by Crippen LogP contribution is 2.39. The highest BCUT2D eigenvalue weighted by atomic mass is 19.1. The van der Waals surface area contributed by atoms with Crippen molar-refractivity contribution in [3.63, 3.8) is 0 Å². The van der Waals surface area contributed by atoms with Crippen molar-refractivity contribution in [3.05, 3.63) is 47.4 Å². The van der Waals surface area contributed by atoms with Crippen LogP contribution >= 0.6 is 0 Å². The van der Waals surface area contributed by atoms with Gasteiger partial charge in [-0.15, -0.1) is 10.2 Å². The SMILES string of the molecule is CCN(Cc1cccc(F)c1)Cc1nnc(C2CC2)o1. The molecule has 1 fully saturated rings. The maximum Gasteiger partial charge on any atom is 0.230 e. The lowest BCUT2D eigenvalue weighted by atomic mass is 10.2. The van der Waals surface area contributed by atoms with Crippen LogP contribution in [0.3, 0.4) is 0 Å². The number of aromatic nitrogens is 2. The summed E-state index contributed by atoms with van der Waals surface area (Å²) in [4.78, 5) is 2.15. The molecule has 0 N–H and O–H groups in total. The topological polar surface area (TPSA) is 42.2 Å². The van der Waals surface area contributed by atoms with Crippen LogP contribution in [0.1, 0.15) is 43.0 Å². The minimum Gasteiger partial charge on any atom is -0.424 e. The monoisotopic (exact) mass is 275 g/mol. The van der Waals surface area contributed by atoms with Crippen LogP contribution in [0, 0.1) is 5.82 Å². The van der Waals surface area contributed by atoms with Crippen LogP contribution in [0.4, 0.5) is 4.39 Å². The molecule has 0 atom stereocenters. The van der Waals surface area contributed by atoms with Crippen molar-refractivity contribution >= 4 is 0 Å². The quantitative estimate of drug-likeness (QED) is 0.812. The first kappa shape index (κ1) is 13.2. The van der Waals surface area contributed by atoms with E-state index >= 15 is 0 Å². The molecule has 0 amide bonds. The summed E-state index contributed by atoms with van der Waals surface area (Å²) in [6.45, 7) is 4.19. The Labute approximate surface area is 117 Å². The van der Waals surface area contributed by atoms with E-state index in [1.54, 1.807) is 12.1 Å². The lowest BCUT2D eigenvalue weighted by Gasteiger charge is -2.18. The van der Waals surface area contributed by atoms with Crippen LogP contribution in [0.2, 0.25) is 0 Å². The van der Waals surface area contributed by atoms with Crippen molar-refractivity contribution in [2.24, 2.45) is 0 Å². The molecule has 3 rings (SSSR count). The van der Waals surface area contributed by atoms with Gasteiger partial charge >= 0.3 is 0 Å². The summed E-state index contributed by atoms with van der Waals surface area (Å²) in [5, 5.41) is 8.18. The Morgan fingerprint density at radius 2 is 2.15 bits per heavy atom. The third kappa shape index (κ3) is 3.22. The molecule has 0 radical (unpaired) electrons. The van der Waals surface area contributed by atoms with Gasteiger partial charge in [0.25, 0.3) is 0 Å². The Morgan fingerprint density at radius 3 is 2.85 bits per heavy atom. The van der Waals surface area contributed by atoms with Crippen LogP contribution in [0.25, 0.3) is 0 Å². The van der Waals surface area contributed by atoms with Crippen molar-refractivity contribution < 1.29 is 8.81 Å². The fraction of sp³-hybridized carbons (Fsp3) is 0.467. The number of benzene rings is 1. The lowest BCUT2D eigenvalue weighted by Crippen LogP contribution is -2.22. The number of rotatable bonds is 6. The first-order chi connectivity index (χ1) is 9.74. The van der Waals surface area contributed by atoms with Crippen molar-refractivity contribution in [1.29, 1.82) is 0 Å². The molecule has 5 heteroatoms. The van der Waals surface area contributed by atoms with E-state index in [9.17, 15) is 4.39 Å². The molecule has 0 unspecified atom stereocenters. The van der Waals surface area contributed by atoms with E-state index in [4.69, 9.17) is 4.42 Å². The van der Waals surface area contributed by atoms with Gasteiger partial charge in [-0.3, -0.25) is 4.90 Å². The van der Waals surface area contributed by atoms with Crippen LogP contribution < -0.4 is 0 Å². The van der Waals surface area contributed by atoms with Crippen molar-refractivity contribution in [3.8, 4) is 0 Å². The Kier molecular flexibility index (Phi) is 3.78. The second-order valence-electron chi connectivity index (χ2n) is 5.24. The molecule has 1 saturated carbocycles. The molecule has 1 aliphatic rings. The van der Waals surface area contributed by atoms with E-state index in [2.05, 4.69) is 22.0 Å². The molecule has 4 nitrogen and oxygen atoms in total. The van der Waals surface area contributed by atoms with Gasteiger partial charge in [-0.05, 0) is 37.1 Å². The van der Waals surface area contributed by atoms with Gasteiger partial charge in [0.2, 0.25) is 11.8 Å². The fourth-order valence-electron chi connectivity index (χ4n) is 2.19. The second-order valence-corrected chi connectivity index (χ2v) is 5.24. The molecule has 2 aromatic rings. The molecule has 1 aromatic carbocycles. The molecule has 0 spiro atoms. The summed E-state index contributed by atoms with van der Waals surface area (Å²) >= 11 is 0. The molecule has 106 valence electrons. The van der Waals surface area contributed by atoms with Crippen molar-refractivity contribution in [1.82, 2.24) is 15.1 Å². The van der Waals surface area contributed by atoms with E-state index in [1.807, 2.05) is 6.07 Å². The highest BCUT2D eigenvalue weighted by Gasteiger charge is 2.29. The van der Waals surface area contributed by atoms with Gasteiger partial charge in [-0.25, -0.2) is 4.39 Å². The first-order valence-corrected chi connectivity index (χ1v) is 7.03. The zero-order chi connectivity index (χ0) is 13.9. The van der Waals surface area contributed by atoms with Gasteiger partial charge in [0.1, 0.15) is 5.82 Å². The maximum atomic E-state index is 13.2. The Hall–Kier alpha value is -1.75. The Balaban J connectivity index is 1.63. The highest BCUT2D eigenvalue weighted by molar-refractivity contribution is 5.16. The van der Waals surface area contributed by atoms with Gasteiger partial charge in [-0.2, -0.15) is 0 Å². The third-order valence-electron chi connectivity index (χ3n) is 3.51. The molecule has 1 heterocycles. The zero-order valence-corrected chi connectivity index (χ0v) is 11.6. The number of hydrogen-bond acceptors (Lipinski definition) is 4. The summed E-state index contributed by atoms with van der Waals surface area (Å²) in [5.74, 6) is 1.69. The molecular formula is C15H18FN3O. The van der Waals surface area contributed by atoms with Crippen LogP contribution in [0.15, 0.2) is 28.7 Å². The first-order valence-electron chi connectivity index (χ1n) is 7.03. The van der Waals surface area contributed by atoms with Crippen molar-refractivity contribution in [2.75, 3.05) is 6.54 Å². The van der Waals surface area contributed by atoms with Gasteiger partial charge in [-0.1, -0.05) is 19.1 Å². The largest absolute Gasteiger partial charge is 0.424 e. The predicted molar refractivity (Wildman–Crippen MR) is 72.5 cm³/mol. The Morgan fingerprint density at radius 1 is 1.30 bits per heavy atom. The number of halogens is 1. The minimum absolute atomic E-state index is 0.202. The third-order valence-corrected chi connectivity index (χ3v) is 3.51. The normalized spacial score (nSPS) is 14.9. The van der Waals surface area contributed by atoms with E-state index in [1.165, 1.54) is 6.07 Å². The second kappa shape index (κ2) is 5.71. The van der Waals surface area contributed by atoms with Crippen LogP contribution in [-0.4, -0.2) is 21.6 Å². The average molecular weight is 275 g/mol. The van der Waals surface area contributed by atoms with E-state index in [0.717, 1.165) is 30.8 Å². The fourth-order valence-corrected chi connectivity index (χ4v) is 2.19. The zero-order valence-electron chi connectivity index (χ0n) is 11.6. The van der Waals surface area contributed by atoms with E-state index in [0.29, 0.717) is 24.9 Å². The summed E-state index contributed by atoms with van der Waals surface area (Å²) in [5.41, 5.74) is 0.953. The summed E-state index contributed by atoms with van der Waals surface area (Å²) < 4.78 is 18.9. The number of nitrogens with zero attached hydrogens (tertiary/aromatic N) is 3. The van der Waals surface area contributed by atoms with Crippen LogP contribution in [-0.2, 0) is 13.1 Å². The molecule has 0 saturated heterocycles. The molecule has 0 bridgehead atoms. The average Bonchev–Trinajstić information content (AvgIpc) is 3.19. The smallest absolute Gasteiger partial charge is 0.230 e. The van der Waals surface area contributed by atoms with Gasteiger partial charge in [0, 0.05) is 12.5 Å². The standard InChI is InChI=1S/C15H18FN3O/c1-2-19(9-11-4-3-5-13(16)8-11)10-14-17-18-15(20-14)12-6-7-12/h3-5,8,12H,2,6-7,9-10H2,1H3. The van der Waals surface area contributed by atoms with Crippen molar-refractivity contribution in [2.45, 2.75) is 38.8 Å². The minimum atomic E-state index is -0.202. The van der Waals surface area contributed by atoms with Gasteiger partial charge in [0.15, 0.2) is 0 Å². The molecule has 0 aliphatic heterocycles. The van der Waals surface area contributed by atoms with Crippen LogP contribution in [0.5, 0.6) is 0 Å². The molecule has 20 heavy (non-hydrogen) atoms. The molecule has 1 aromatic heterocycles. The number of hydrogen-bond donors (Lipinski definition) is 0. The Bertz CT molecular complexity index is 580. The maximum absolute atomic E-state index is 13.2. The van der Waals surface area contributed by atoms with E-state index in [-0.39, 0.29) is 5.82 Å². The molecular weight excluding hydrogens is 257 g/mol. The van der Waals surface area contributed by atoms with E-state index < -0.39 is 0 Å². The van der Waals surface area contributed by atoms with Gasteiger partial charge in [0.05, 0.1) is 6.54 Å². The predicted octanol–water partition coefficient (Wildman–Crippen LogP) is 3.11. The van der Waals surface area contributed by atoms with Gasteiger partial charge < -0.3 is 4.42 Å². The summed E-state index contributed by atoms with van der Waals surface area (Å²) in [6.07, 6.45) is 2.31. The molecule has 1 aliphatic carbocycles. The summed E-state index contributed by atoms with van der Waals surface area (Å²) in [7, 11) is 0. The lowest BCUT2D eigenvalue weighted by molar-refractivity contribution is 0.239. The summed E-state index contributed by atoms with van der Waals surface area (Å²) in [6, 6.07) is 6.68.